The van der Waals surface area contributed by atoms with Gasteiger partial charge in [-0.25, -0.2) is 4.79 Å². The molecule has 15 heavy (non-hydrogen) atoms. The Morgan fingerprint density at radius 3 is 2.73 bits per heavy atom. The van der Waals surface area contributed by atoms with Crippen molar-refractivity contribution in [1.82, 2.24) is 0 Å². The summed E-state index contributed by atoms with van der Waals surface area (Å²) in [6, 6.07) is 9.46. The maximum Gasteiger partial charge on any atom is 0.331 e. The molecular weight excluding hydrogens is 190 g/mol. The van der Waals surface area contributed by atoms with Gasteiger partial charge in [-0.05, 0) is 18.6 Å². The summed E-state index contributed by atoms with van der Waals surface area (Å²) in [6.07, 6.45) is 2.96. The lowest BCUT2D eigenvalue weighted by Crippen LogP contribution is -1.99. The summed E-state index contributed by atoms with van der Waals surface area (Å²) in [5, 5.41) is 8.18. The topological polar surface area (TPSA) is 50.1 Å². The van der Waals surface area contributed by atoms with Gasteiger partial charge in [0.15, 0.2) is 6.61 Å². The Balaban J connectivity index is 2.54. The largest absolute Gasteiger partial charge is 0.447 e. The monoisotopic (exact) mass is 201 g/mol. The second kappa shape index (κ2) is 5.61. The highest BCUT2D eigenvalue weighted by Crippen LogP contribution is 2.04. The Labute approximate surface area is 88.6 Å². The van der Waals surface area contributed by atoms with Crippen molar-refractivity contribution in [3.8, 4) is 6.07 Å². The molecule has 0 unspecified atom stereocenters. The van der Waals surface area contributed by atoms with E-state index in [1.54, 1.807) is 12.1 Å². The van der Waals surface area contributed by atoms with Crippen molar-refractivity contribution in [2.24, 2.45) is 0 Å². The lowest BCUT2D eigenvalue weighted by molar-refractivity contribution is -0.136. The van der Waals surface area contributed by atoms with E-state index in [1.807, 2.05) is 31.2 Å². The zero-order valence-electron chi connectivity index (χ0n) is 8.43. The van der Waals surface area contributed by atoms with Crippen LogP contribution in [0.3, 0.4) is 0 Å². The molecule has 0 spiro atoms. The molecule has 0 aromatic heterocycles. The molecular formula is C12H11NO2. The Morgan fingerprint density at radius 2 is 2.13 bits per heavy atom. The summed E-state index contributed by atoms with van der Waals surface area (Å²) in [6.45, 7) is 1.78. The number of rotatable bonds is 3. The summed E-state index contributed by atoms with van der Waals surface area (Å²) < 4.78 is 4.55. The predicted octanol–water partition coefficient (Wildman–Crippen LogP) is 2.07. The molecule has 1 rings (SSSR count). The van der Waals surface area contributed by atoms with Gasteiger partial charge in [-0.3, -0.25) is 0 Å². The molecule has 0 fully saturated rings. The zero-order chi connectivity index (χ0) is 11.1. The van der Waals surface area contributed by atoms with E-state index in [0.717, 1.165) is 5.56 Å². The number of hydrogen-bond acceptors (Lipinski definition) is 3. The van der Waals surface area contributed by atoms with Crippen molar-refractivity contribution in [3.05, 3.63) is 41.5 Å². The summed E-state index contributed by atoms with van der Waals surface area (Å²) in [7, 11) is 0. The molecule has 0 aliphatic rings. The molecule has 76 valence electrons. The van der Waals surface area contributed by atoms with Crippen LogP contribution < -0.4 is 0 Å². The van der Waals surface area contributed by atoms with Gasteiger partial charge in [0.2, 0.25) is 0 Å². The van der Waals surface area contributed by atoms with Gasteiger partial charge < -0.3 is 4.74 Å². The molecule has 3 nitrogen and oxygen atoms in total. The summed E-state index contributed by atoms with van der Waals surface area (Å²) >= 11 is 0. The standard InChI is InChI=1S/C12H11NO2/c1-10-2-4-11(5-3-10)6-7-12(14)15-9-8-13/h2-7H,9H2,1H3/b7-6+. The smallest absolute Gasteiger partial charge is 0.331 e. The fraction of sp³-hybridized carbons (Fsp3) is 0.167. The van der Waals surface area contributed by atoms with Crippen LogP contribution in [0.25, 0.3) is 6.08 Å². The third kappa shape index (κ3) is 4.10. The van der Waals surface area contributed by atoms with Gasteiger partial charge in [0, 0.05) is 6.08 Å². The van der Waals surface area contributed by atoms with Crippen molar-refractivity contribution in [3.63, 3.8) is 0 Å². The molecule has 0 aliphatic heterocycles. The van der Waals surface area contributed by atoms with Crippen LogP contribution in [0, 0.1) is 18.3 Å². The maximum atomic E-state index is 11.0. The summed E-state index contributed by atoms with van der Waals surface area (Å²) in [4.78, 5) is 11.0. The van der Waals surface area contributed by atoms with Crippen LogP contribution in [0.15, 0.2) is 30.3 Å². The Bertz CT molecular complexity index is 399. The van der Waals surface area contributed by atoms with Gasteiger partial charge in [-0.2, -0.15) is 5.26 Å². The molecule has 0 heterocycles. The molecule has 0 saturated carbocycles. The fourth-order valence-electron chi connectivity index (χ4n) is 0.993. The molecule has 1 aromatic rings. The van der Waals surface area contributed by atoms with Crippen molar-refractivity contribution in [2.75, 3.05) is 6.61 Å². The highest BCUT2D eigenvalue weighted by molar-refractivity contribution is 5.87. The summed E-state index contributed by atoms with van der Waals surface area (Å²) in [5.41, 5.74) is 2.09. The molecule has 0 saturated heterocycles. The molecule has 3 heteroatoms. The highest BCUT2D eigenvalue weighted by Gasteiger charge is 1.94. The Hall–Kier alpha value is -2.08. The van der Waals surface area contributed by atoms with E-state index in [4.69, 9.17) is 5.26 Å². The number of nitriles is 1. The fourth-order valence-corrected chi connectivity index (χ4v) is 0.993. The van der Waals surface area contributed by atoms with Crippen molar-refractivity contribution >= 4 is 12.0 Å². The zero-order valence-corrected chi connectivity index (χ0v) is 8.43. The molecule has 0 radical (unpaired) electrons. The lowest BCUT2D eigenvalue weighted by atomic mass is 10.1. The summed E-state index contributed by atoms with van der Waals surface area (Å²) in [5.74, 6) is -0.503. The van der Waals surface area contributed by atoms with Crippen molar-refractivity contribution in [1.29, 1.82) is 5.26 Å². The maximum absolute atomic E-state index is 11.0. The number of carbonyl (C=O) groups excluding carboxylic acids is 1. The van der Waals surface area contributed by atoms with Crippen molar-refractivity contribution < 1.29 is 9.53 Å². The molecule has 0 amide bonds. The van der Waals surface area contributed by atoms with E-state index in [1.165, 1.54) is 11.6 Å². The minimum absolute atomic E-state index is 0.211. The van der Waals surface area contributed by atoms with E-state index in [-0.39, 0.29) is 6.61 Å². The van der Waals surface area contributed by atoms with E-state index >= 15 is 0 Å². The number of benzene rings is 1. The minimum atomic E-state index is -0.503. The lowest BCUT2D eigenvalue weighted by Gasteiger charge is -1.95. The predicted molar refractivity (Wildman–Crippen MR) is 56.8 cm³/mol. The average Bonchev–Trinajstić information content (AvgIpc) is 2.25. The van der Waals surface area contributed by atoms with E-state index < -0.39 is 5.97 Å². The SMILES string of the molecule is Cc1ccc(/C=C/C(=O)OCC#N)cc1. The van der Waals surface area contributed by atoms with Gasteiger partial charge in [-0.1, -0.05) is 29.8 Å². The number of nitrogens with zero attached hydrogens (tertiary/aromatic N) is 1. The van der Waals surface area contributed by atoms with Gasteiger partial charge in [0.05, 0.1) is 0 Å². The molecule has 0 atom stereocenters. The first kappa shape index (κ1) is 11.0. The normalized spacial score (nSPS) is 9.87. The Kier molecular flexibility index (Phi) is 4.11. The number of ether oxygens (including phenoxy) is 1. The van der Waals surface area contributed by atoms with Gasteiger partial charge in [0.25, 0.3) is 0 Å². The first-order valence-corrected chi connectivity index (χ1v) is 4.51. The molecule has 0 bridgehead atoms. The third-order valence-corrected chi connectivity index (χ3v) is 1.77. The van der Waals surface area contributed by atoms with Gasteiger partial charge in [-0.15, -0.1) is 0 Å². The van der Waals surface area contributed by atoms with Crippen LogP contribution in [0.5, 0.6) is 0 Å². The molecule has 1 aromatic carbocycles. The minimum Gasteiger partial charge on any atom is -0.447 e. The number of hydrogen-bond donors (Lipinski definition) is 0. The van der Waals surface area contributed by atoms with Crippen LogP contribution in [0.2, 0.25) is 0 Å². The highest BCUT2D eigenvalue weighted by atomic mass is 16.5. The van der Waals surface area contributed by atoms with Crippen LogP contribution in [0.4, 0.5) is 0 Å². The van der Waals surface area contributed by atoms with E-state index in [9.17, 15) is 4.79 Å². The van der Waals surface area contributed by atoms with E-state index in [0.29, 0.717) is 0 Å². The van der Waals surface area contributed by atoms with Crippen LogP contribution in [-0.2, 0) is 9.53 Å². The van der Waals surface area contributed by atoms with E-state index in [2.05, 4.69) is 4.74 Å². The number of esters is 1. The quantitative estimate of drug-likeness (QED) is 0.555. The first-order chi connectivity index (χ1) is 7.22. The number of carbonyl (C=O) groups is 1. The van der Waals surface area contributed by atoms with Gasteiger partial charge >= 0.3 is 5.97 Å². The third-order valence-electron chi connectivity index (χ3n) is 1.77. The number of aryl methyl sites for hydroxylation is 1. The Morgan fingerprint density at radius 1 is 1.47 bits per heavy atom. The van der Waals surface area contributed by atoms with Crippen LogP contribution in [-0.4, -0.2) is 12.6 Å². The van der Waals surface area contributed by atoms with Crippen molar-refractivity contribution in [2.45, 2.75) is 6.92 Å². The second-order valence-corrected chi connectivity index (χ2v) is 3.01. The van der Waals surface area contributed by atoms with Crippen LogP contribution in [0.1, 0.15) is 11.1 Å². The average molecular weight is 201 g/mol. The van der Waals surface area contributed by atoms with Crippen LogP contribution >= 0.6 is 0 Å². The molecule has 0 aliphatic carbocycles. The second-order valence-electron chi connectivity index (χ2n) is 3.01. The molecule has 0 N–H and O–H groups in total. The van der Waals surface area contributed by atoms with Gasteiger partial charge in [0.1, 0.15) is 6.07 Å². The first-order valence-electron chi connectivity index (χ1n) is 4.51.